The molecule has 1 aromatic carbocycles. The third-order valence-corrected chi connectivity index (χ3v) is 5.89. The second-order valence-electron chi connectivity index (χ2n) is 5.88. The summed E-state index contributed by atoms with van der Waals surface area (Å²) >= 11 is 0. The topological polar surface area (TPSA) is 83.6 Å². The van der Waals surface area contributed by atoms with Crippen molar-refractivity contribution in [2.45, 2.75) is 57.0 Å². The van der Waals surface area contributed by atoms with Gasteiger partial charge < -0.3 is 5.32 Å². The lowest BCUT2D eigenvalue weighted by molar-refractivity contribution is -0.131. The Labute approximate surface area is 136 Å². The predicted octanol–water partition coefficient (Wildman–Crippen LogP) is 1.59. The van der Waals surface area contributed by atoms with Crippen molar-refractivity contribution in [2.75, 3.05) is 0 Å². The van der Waals surface area contributed by atoms with E-state index >= 15 is 0 Å². The summed E-state index contributed by atoms with van der Waals surface area (Å²) in [6.07, 6.45) is 1.01. The normalized spacial score (nSPS) is 19.7. The van der Waals surface area contributed by atoms with Crippen LogP contribution in [0.4, 0.5) is 0 Å². The maximum atomic E-state index is 12.8. The highest BCUT2D eigenvalue weighted by Crippen LogP contribution is 2.27. The molecule has 0 saturated carbocycles. The average molecular weight is 338 g/mol. The molecule has 1 fully saturated rings. The summed E-state index contributed by atoms with van der Waals surface area (Å²) in [7, 11) is -4.02. The number of hydrogen-bond acceptors (Lipinski definition) is 4. The second-order valence-corrected chi connectivity index (χ2v) is 7.69. The van der Waals surface area contributed by atoms with Crippen molar-refractivity contribution in [3.63, 3.8) is 0 Å². The van der Waals surface area contributed by atoms with Gasteiger partial charge in [-0.05, 0) is 38.8 Å². The largest absolute Gasteiger partial charge is 0.352 e. The maximum Gasteiger partial charge on any atom is 0.267 e. The van der Waals surface area contributed by atoms with Crippen molar-refractivity contribution >= 4 is 21.8 Å². The Morgan fingerprint density at radius 2 is 1.96 bits per heavy atom. The molecule has 6 nitrogen and oxygen atoms in total. The Morgan fingerprint density at radius 3 is 2.52 bits per heavy atom. The fraction of sp³-hybridized carbons (Fsp3) is 0.500. The summed E-state index contributed by atoms with van der Waals surface area (Å²) in [6.45, 7) is 5.61. The zero-order valence-corrected chi connectivity index (χ0v) is 14.4. The number of benzene rings is 1. The fourth-order valence-electron chi connectivity index (χ4n) is 2.47. The molecule has 1 aliphatic heterocycles. The number of amides is 2. The van der Waals surface area contributed by atoms with E-state index in [0.717, 1.165) is 16.3 Å². The number of hydrogen-bond donors (Lipinski definition) is 1. The van der Waals surface area contributed by atoms with Crippen LogP contribution in [0.2, 0.25) is 0 Å². The van der Waals surface area contributed by atoms with Gasteiger partial charge in [0, 0.05) is 12.5 Å². The van der Waals surface area contributed by atoms with Gasteiger partial charge in [-0.3, -0.25) is 9.59 Å². The summed E-state index contributed by atoms with van der Waals surface area (Å²) in [4.78, 5) is 24.5. The van der Waals surface area contributed by atoms with E-state index in [1.807, 2.05) is 20.8 Å². The predicted molar refractivity (Wildman–Crippen MR) is 86.1 cm³/mol. The smallest absolute Gasteiger partial charge is 0.267 e. The molecule has 23 heavy (non-hydrogen) atoms. The van der Waals surface area contributed by atoms with Gasteiger partial charge in [-0.2, -0.15) is 0 Å². The molecule has 0 aromatic heterocycles. The number of rotatable bonds is 5. The highest BCUT2D eigenvalue weighted by molar-refractivity contribution is 7.89. The van der Waals surface area contributed by atoms with E-state index in [4.69, 9.17) is 0 Å². The molecule has 2 amide bonds. The minimum Gasteiger partial charge on any atom is -0.352 e. The molecule has 0 radical (unpaired) electrons. The van der Waals surface area contributed by atoms with Crippen LogP contribution in [-0.4, -0.2) is 36.6 Å². The Hall–Kier alpha value is -1.89. The first kappa shape index (κ1) is 17.5. The summed E-state index contributed by atoms with van der Waals surface area (Å²) in [5.41, 5.74) is 0.919. The summed E-state index contributed by atoms with van der Waals surface area (Å²) in [6, 6.07) is 5.22. The van der Waals surface area contributed by atoms with Crippen molar-refractivity contribution in [3.8, 4) is 0 Å². The summed E-state index contributed by atoms with van der Waals surface area (Å²) < 4.78 is 26.2. The van der Waals surface area contributed by atoms with Crippen molar-refractivity contribution in [1.29, 1.82) is 0 Å². The molecule has 126 valence electrons. The number of aryl methyl sites for hydroxylation is 1. The third-order valence-electron chi connectivity index (χ3n) is 4.04. The van der Waals surface area contributed by atoms with Gasteiger partial charge >= 0.3 is 0 Å². The van der Waals surface area contributed by atoms with Gasteiger partial charge in [0.05, 0.1) is 4.90 Å². The number of sulfonamides is 1. The Morgan fingerprint density at radius 1 is 1.35 bits per heavy atom. The van der Waals surface area contributed by atoms with Crippen LogP contribution in [0.1, 0.15) is 38.7 Å². The Bertz CT molecular complexity index is 697. The third kappa shape index (κ3) is 3.55. The van der Waals surface area contributed by atoms with E-state index in [-0.39, 0.29) is 23.8 Å². The standard InChI is InChI=1S/C16H22N2O4S/c1-4-12(3)17-16(20)14-9-10-15(19)18(14)23(21,22)13-7-5-11(2)6-8-13/h5-8,12,14H,4,9-10H2,1-3H3,(H,17,20)/t12-,14+/m1/s1. The van der Waals surface area contributed by atoms with Crippen LogP contribution < -0.4 is 5.32 Å². The van der Waals surface area contributed by atoms with Gasteiger partial charge in [0.25, 0.3) is 10.0 Å². The molecule has 0 bridgehead atoms. The van der Waals surface area contributed by atoms with Crippen LogP contribution in [-0.2, 0) is 19.6 Å². The molecule has 1 N–H and O–H groups in total. The van der Waals surface area contributed by atoms with E-state index in [1.54, 1.807) is 12.1 Å². The number of nitrogens with one attached hydrogen (secondary N) is 1. The molecule has 2 rings (SSSR count). The zero-order valence-electron chi connectivity index (χ0n) is 13.6. The highest BCUT2D eigenvalue weighted by Gasteiger charge is 2.44. The van der Waals surface area contributed by atoms with E-state index in [2.05, 4.69) is 5.32 Å². The van der Waals surface area contributed by atoms with Crippen molar-refractivity contribution in [1.82, 2.24) is 9.62 Å². The van der Waals surface area contributed by atoms with Crippen LogP contribution in [0.3, 0.4) is 0 Å². The SMILES string of the molecule is CC[C@@H](C)NC(=O)[C@@H]1CCC(=O)N1S(=O)(=O)c1ccc(C)cc1. The van der Waals surface area contributed by atoms with E-state index in [9.17, 15) is 18.0 Å². The maximum absolute atomic E-state index is 12.8. The molecule has 0 aliphatic carbocycles. The first-order valence-corrected chi connectivity index (χ1v) is 9.15. The van der Waals surface area contributed by atoms with Gasteiger partial charge in [-0.25, -0.2) is 12.7 Å². The van der Waals surface area contributed by atoms with Crippen molar-refractivity contribution in [2.24, 2.45) is 0 Å². The van der Waals surface area contributed by atoms with Gasteiger partial charge in [0.15, 0.2) is 0 Å². The van der Waals surface area contributed by atoms with E-state index in [0.29, 0.717) is 0 Å². The summed E-state index contributed by atoms with van der Waals surface area (Å²) in [5, 5.41) is 2.76. The average Bonchev–Trinajstić information content (AvgIpc) is 2.90. The highest BCUT2D eigenvalue weighted by atomic mass is 32.2. The molecule has 1 saturated heterocycles. The molecule has 0 unspecified atom stereocenters. The minimum atomic E-state index is -4.02. The Balaban J connectivity index is 2.32. The molecule has 1 aromatic rings. The monoisotopic (exact) mass is 338 g/mol. The van der Waals surface area contributed by atoms with Crippen LogP contribution in [0.15, 0.2) is 29.2 Å². The van der Waals surface area contributed by atoms with Crippen LogP contribution in [0, 0.1) is 6.92 Å². The van der Waals surface area contributed by atoms with Crippen LogP contribution in [0.25, 0.3) is 0 Å². The van der Waals surface area contributed by atoms with Crippen molar-refractivity contribution in [3.05, 3.63) is 29.8 Å². The quantitative estimate of drug-likeness (QED) is 0.884. The second kappa shape index (κ2) is 6.70. The number of nitrogens with zero attached hydrogens (tertiary/aromatic N) is 1. The molecule has 0 spiro atoms. The van der Waals surface area contributed by atoms with Gasteiger partial charge in [-0.1, -0.05) is 24.6 Å². The first-order valence-electron chi connectivity index (χ1n) is 7.71. The molecular formula is C16H22N2O4S. The molecule has 1 aliphatic rings. The lowest BCUT2D eigenvalue weighted by atomic mass is 10.2. The molecule has 7 heteroatoms. The lowest BCUT2D eigenvalue weighted by Gasteiger charge is -2.25. The summed E-state index contributed by atoms with van der Waals surface area (Å²) in [5.74, 6) is -0.948. The fourth-order valence-corrected chi connectivity index (χ4v) is 4.07. The van der Waals surface area contributed by atoms with Gasteiger partial charge in [0.2, 0.25) is 11.8 Å². The van der Waals surface area contributed by atoms with Crippen molar-refractivity contribution < 1.29 is 18.0 Å². The number of carbonyl (C=O) groups excluding carboxylic acids is 2. The lowest BCUT2D eigenvalue weighted by Crippen LogP contribution is -2.49. The van der Waals surface area contributed by atoms with Crippen LogP contribution >= 0.6 is 0 Å². The molecule has 2 atom stereocenters. The van der Waals surface area contributed by atoms with E-state index in [1.165, 1.54) is 12.1 Å². The number of carbonyl (C=O) groups is 2. The van der Waals surface area contributed by atoms with E-state index < -0.39 is 27.9 Å². The molecule has 1 heterocycles. The zero-order chi connectivity index (χ0) is 17.2. The Kier molecular flexibility index (Phi) is 5.09. The van der Waals surface area contributed by atoms with Crippen LogP contribution in [0.5, 0.6) is 0 Å². The minimum absolute atomic E-state index is 0.0275. The first-order chi connectivity index (χ1) is 10.8. The molecular weight excluding hydrogens is 316 g/mol. The van der Waals surface area contributed by atoms with Gasteiger partial charge in [-0.15, -0.1) is 0 Å². The van der Waals surface area contributed by atoms with Gasteiger partial charge in [0.1, 0.15) is 6.04 Å².